The first-order chi connectivity index (χ1) is 11.3. The van der Waals surface area contributed by atoms with Gasteiger partial charge in [-0.1, -0.05) is 38.0 Å². The van der Waals surface area contributed by atoms with Gasteiger partial charge in [0.05, 0.1) is 7.11 Å². The smallest absolute Gasteiger partial charge is 0.122 e. The Balaban J connectivity index is 1.44. The van der Waals surface area contributed by atoms with Crippen LogP contribution >= 0.6 is 0 Å². The molecule has 0 aromatic heterocycles. The summed E-state index contributed by atoms with van der Waals surface area (Å²) in [6.07, 6.45) is 8.36. The minimum Gasteiger partial charge on any atom is -0.496 e. The highest BCUT2D eigenvalue weighted by Crippen LogP contribution is 2.27. The van der Waals surface area contributed by atoms with Crippen LogP contribution in [0.5, 0.6) is 5.75 Å². The molecule has 1 aromatic rings. The standard InChI is InChI=1S/C20H32N2O/c1-16(19-9-5-6-10-20(19)23-2)15-21-17-11-13-22(14-12-17)18-7-3-4-8-18/h5-6,9-10,16-18,21H,3-4,7-8,11-15H2,1-2H3/t16-/m1/s1. The zero-order chi connectivity index (χ0) is 16.1. The SMILES string of the molecule is COc1ccccc1[C@H](C)CNC1CCN(C2CCCC2)CC1. The minimum atomic E-state index is 0.485. The fraction of sp³-hybridized carbons (Fsp3) is 0.700. The maximum absolute atomic E-state index is 5.49. The number of piperidine rings is 1. The van der Waals surface area contributed by atoms with Gasteiger partial charge >= 0.3 is 0 Å². The largest absolute Gasteiger partial charge is 0.496 e. The molecule has 0 unspecified atom stereocenters. The summed E-state index contributed by atoms with van der Waals surface area (Å²) in [7, 11) is 1.76. The molecule has 1 heterocycles. The predicted molar refractivity (Wildman–Crippen MR) is 96.3 cm³/mol. The predicted octanol–water partition coefficient (Wildman–Crippen LogP) is 3.80. The monoisotopic (exact) mass is 316 g/mol. The Morgan fingerprint density at radius 1 is 1.13 bits per heavy atom. The molecule has 1 atom stereocenters. The van der Waals surface area contributed by atoms with Crippen LogP contribution in [0.4, 0.5) is 0 Å². The zero-order valence-corrected chi connectivity index (χ0v) is 14.8. The van der Waals surface area contributed by atoms with Crippen molar-refractivity contribution in [3.8, 4) is 5.75 Å². The van der Waals surface area contributed by atoms with Crippen molar-refractivity contribution < 1.29 is 4.74 Å². The number of hydrogen-bond acceptors (Lipinski definition) is 3. The van der Waals surface area contributed by atoms with Gasteiger partial charge in [0.2, 0.25) is 0 Å². The van der Waals surface area contributed by atoms with Gasteiger partial charge in [-0.2, -0.15) is 0 Å². The van der Waals surface area contributed by atoms with Crippen LogP contribution < -0.4 is 10.1 Å². The van der Waals surface area contributed by atoms with Crippen LogP contribution in [-0.2, 0) is 0 Å². The van der Waals surface area contributed by atoms with Gasteiger partial charge in [0.1, 0.15) is 5.75 Å². The summed E-state index contributed by atoms with van der Waals surface area (Å²) in [6, 6.07) is 9.98. The summed E-state index contributed by atoms with van der Waals surface area (Å²) in [6.45, 7) is 5.89. The van der Waals surface area contributed by atoms with Crippen LogP contribution in [0.1, 0.15) is 56.9 Å². The first kappa shape index (κ1) is 16.8. The number of nitrogens with zero attached hydrogens (tertiary/aromatic N) is 1. The fourth-order valence-electron chi connectivity index (χ4n) is 4.27. The zero-order valence-electron chi connectivity index (χ0n) is 14.8. The molecular weight excluding hydrogens is 284 g/mol. The number of ether oxygens (including phenoxy) is 1. The van der Waals surface area contributed by atoms with Crippen LogP contribution in [0.25, 0.3) is 0 Å². The minimum absolute atomic E-state index is 0.485. The summed E-state index contributed by atoms with van der Waals surface area (Å²) in [5.41, 5.74) is 1.31. The van der Waals surface area contributed by atoms with Gasteiger partial charge in [0.25, 0.3) is 0 Å². The third-order valence-corrected chi connectivity index (χ3v) is 5.75. The van der Waals surface area contributed by atoms with E-state index in [2.05, 4.69) is 35.3 Å². The van der Waals surface area contributed by atoms with Crippen molar-refractivity contribution in [2.24, 2.45) is 0 Å². The second kappa shape index (κ2) is 8.16. The number of methoxy groups -OCH3 is 1. The summed E-state index contributed by atoms with van der Waals surface area (Å²) < 4.78 is 5.49. The average Bonchev–Trinajstić information content (AvgIpc) is 3.14. The van der Waals surface area contributed by atoms with Crippen molar-refractivity contribution in [3.05, 3.63) is 29.8 Å². The van der Waals surface area contributed by atoms with Gasteiger partial charge < -0.3 is 15.0 Å². The molecular formula is C20H32N2O. The highest BCUT2D eigenvalue weighted by Gasteiger charge is 2.27. The normalized spacial score (nSPS) is 22.3. The number of hydrogen-bond donors (Lipinski definition) is 1. The number of nitrogens with one attached hydrogen (secondary N) is 1. The van der Waals surface area contributed by atoms with Crippen LogP contribution in [0.15, 0.2) is 24.3 Å². The first-order valence-electron chi connectivity index (χ1n) is 9.38. The van der Waals surface area contributed by atoms with E-state index in [0.717, 1.165) is 18.3 Å². The number of benzene rings is 1. The molecule has 2 aliphatic rings. The first-order valence-corrected chi connectivity index (χ1v) is 9.38. The Kier molecular flexibility index (Phi) is 5.96. The Labute approximate surface area is 141 Å². The van der Waals surface area contributed by atoms with E-state index in [1.165, 1.54) is 57.2 Å². The second-order valence-electron chi connectivity index (χ2n) is 7.30. The van der Waals surface area contributed by atoms with Crippen molar-refractivity contribution in [3.63, 3.8) is 0 Å². The highest BCUT2D eigenvalue weighted by molar-refractivity contribution is 5.36. The third kappa shape index (κ3) is 4.27. The number of likely N-dealkylation sites (tertiary alicyclic amines) is 1. The van der Waals surface area contributed by atoms with Crippen molar-refractivity contribution in [1.82, 2.24) is 10.2 Å². The molecule has 0 bridgehead atoms. The molecule has 2 fully saturated rings. The lowest BCUT2D eigenvalue weighted by Crippen LogP contribution is -2.46. The van der Waals surface area contributed by atoms with Gasteiger partial charge in [-0.3, -0.25) is 0 Å². The molecule has 0 amide bonds. The lowest BCUT2D eigenvalue weighted by atomic mass is 9.98. The van der Waals surface area contributed by atoms with Gasteiger partial charge in [-0.25, -0.2) is 0 Å². The van der Waals surface area contributed by atoms with E-state index in [0.29, 0.717) is 12.0 Å². The molecule has 3 heteroatoms. The maximum Gasteiger partial charge on any atom is 0.122 e. The second-order valence-corrected chi connectivity index (χ2v) is 7.30. The Morgan fingerprint density at radius 3 is 2.52 bits per heavy atom. The van der Waals surface area contributed by atoms with Crippen molar-refractivity contribution in [2.75, 3.05) is 26.7 Å². The average molecular weight is 316 g/mol. The molecule has 1 N–H and O–H groups in total. The van der Waals surface area contributed by atoms with E-state index in [1.807, 2.05) is 6.07 Å². The molecule has 3 nitrogen and oxygen atoms in total. The number of rotatable bonds is 6. The Bertz CT molecular complexity index is 476. The molecule has 1 saturated heterocycles. The summed E-state index contributed by atoms with van der Waals surface area (Å²) in [5, 5.41) is 3.80. The van der Waals surface area contributed by atoms with Gasteiger partial charge in [0, 0.05) is 18.6 Å². The lowest BCUT2D eigenvalue weighted by molar-refractivity contribution is 0.144. The lowest BCUT2D eigenvalue weighted by Gasteiger charge is -2.36. The van der Waals surface area contributed by atoms with Gasteiger partial charge in [0.15, 0.2) is 0 Å². The van der Waals surface area contributed by atoms with Crippen molar-refractivity contribution in [2.45, 2.75) is 63.5 Å². The van der Waals surface area contributed by atoms with Crippen LogP contribution in [0.2, 0.25) is 0 Å². The van der Waals surface area contributed by atoms with Crippen LogP contribution in [0.3, 0.4) is 0 Å². The Hall–Kier alpha value is -1.06. The molecule has 0 spiro atoms. The molecule has 23 heavy (non-hydrogen) atoms. The molecule has 1 aromatic carbocycles. The summed E-state index contributed by atoms with van der Waals surface area (Å²) >= 11 is 0. The molecule has 0 radical (unpaired) electrons. The van der Waals surface area contributed by atoms with E-state index in [4.69, 9.17) is 4.74 Å². The van der Waals surface area contributed by atoms with Crippen LogP contribution in [0, 0.1) is 0 Å². The van der Waals surface area contributed by atoms with Gasteiger partial charge in [-0.05, 0) is 56.3 Å². The highest BCUT2D eigenvalue weighted by atomic mass is 16.5. The molecule has 1 aliphatic heterocycles. The Morgan fingerprint density at radius 2 is 1.83 bits per heavy atom. The maximum atomic E-state index is 5.49. The van der Waals surface area contributed by atoms with E-state index >= 15 is 0 Å². The van der Waals surface area contributed by atoms with Crippen molar-refractivity contribution in [1.29, 1.82) is 0 Å². The molecule has 1 saturated carbocycles. The van der Waals surface area contributed by atoms with E-state index in [9.17, 15) is 0 Å². The molecule has 1 aliphatic carbocycles. The fourth-order valence-corrected chi connectivity index (χ4v) is 4.27. The topological polar surface area (TPSA) is 24.5 Å². The molecule has 128 valence electrons. The summed E-state index contributed by atoms with van der Waals surface area (Å²) in [5.74, 6) is 1.50. The quantitative estimate of drug-likeness (QED) is 0.864. The van der Waals surface area contributed by atoms with Gasteiger partial charge in [-0.15, -0.1) is 0 Å². The summed E-state index contributed by atoms with van der Waals surface area (Å²) in [4.78, 5) is 2.74. The van der Waals surface area contributed by atoms with E-state index in [-0.39, 0.29) is 0 Å². The van der Waals surface area contributed by atoms with Crippen molar-refractivity contribution >= 4 is 0 Å². The third-order valence-electron chi connectivity index (χ3n) is 5.75. The molecule has 3 rings (SSSR count). The van der Waals surface area contributed by atoms with Crippen LogP contribution in [-0.4, -0.2) is 43.7 Å². The van der Waals surface area contributed by atoms with E-state index in [1.54, 1.807) is 7.11 Å². The van der Waals surface area contributed by atoms with E-state index < -0.39 is 0 Å². The number of para-hydroxylation sites is 1.